The Kier molecular flexibility index (Phi) is 3.23. The van der Waals surface area contributed by atoms with Crippen molar-refractivity contribution in [1.29, 1.82) is 0 Å². The van der Waals surface area contributed by atoms with Gasteiger partial charge in [-0.25, -0.2) is 4.52 Å². The summed E-state index contributed by atoms with van der Waals surface area (Å²) in [6.07, 6.45) is 2.22. The van der Waals surface area contributed by atoms with Gasteiger partial charge in [-0.3, -0.25) is 4.79 Å². The van der Waals surface area contributed by atoms with Gasteiger partial charge in [0.15, 0.2) is 0 Å². The van der Waals surface area contributed by atoms with Crippen molar-refractivity contribution >= 4 is 11.9 Å². The van der Waals surface area contributed by atoms with Gasteiger partial charge in [0.25, 0.3) is 0 Å². The molecule has 2 rings (SSSR count). The van der Waals surface area contributed by atoms with Crippen LogP contribution < -0.4 is 5.73 Å². The molecule has 0 aliphatic carbocycles. The van der Waals surface area contributed by atoms with Crippen molar-refractivity contribution < 1.29 is 4.79 Å². The lowest BCUT2D eigenvalue weighted by Gasteiger charge is -1.89. The molecule has 4 heteroatoms. The average molecular weight is 191 g/mol. The fraction of sp³-hybridized carbons (Fsp3) is 0.200. The molecular formula is C10H13N3O. The van der Waals surface area contributed by atoms with Crippen molar-refractivity contribution in [2.24, 2.45) is 5.73 Å². The molecule has 4 nitrogen and oxygen atoms in total. The van der Waals surface area contributed by atoms with Gasteiger partial charge in [0.05, 0.1) is 11.2 Å². The zero-order valence-electron chi connectivity index (χ0n) is 8.27. The van der Waals surface area contributed by atoms with Crippen LogP contribution in [0.3, 0.4) is 0 Å². The molecule has 74 valence electrons. The normalized spacial score (nSPS) is 9.29. The molecule has 2 aromatic rings. The SMILES string of the molecule is Cc1nn2ccccc2c1C.NC=O. The molecule has 0 atom stereocenters. The molecule has 0 aliphatic rings. The van der Waals surface area contributed by atoms with E-state index in [1.54, 1.807) is 0 Å². The Morgan fingerprint density at radius 1 is 1.43 bits per heavy atom. The topological polar surface area (TPSA) is 60.4 Å². The molecule has 2 N–H and O–H groups in total. The summed E-state index contributed by atoms with van der Waals surface area (Å²) in [5, 5.41) is 4.33. The zero-order chi connectivity index (χ0) is 10.6. The highest BCUT2D eigenvalue weighted by molar-refractivity contribution is 5.55. The Bertz CT molecular complexity index is 434. The number of aromatic nitrogens is 2. The summed E-state index contributed by atoms with van der Waals surface area (Å²) in [5.74, 6) is 0. The Balaban J connectivity index is 0.000000293. The second-order valence-electron chi connectivity index (χ2n) is 2.88. The van der Waals surface area contributed by atoms with Crippen molar-refractivity contribution in [3.63, 3.8) is 0 Å². The van der Waals surface area contributed by atoms with Gasteiger partial charge in [0, 0.05) is 6.20 Å². The van der Waals surface area contributed by atoms with Crippen LogP contribution in [0.25, 0.3) is 5.52 Å². The molecule has 0 unspecified atom stereocenters. The third kappa shape index (κ3) is 1.90. The summed E-state index contributed by atoms with van der Waals surface area (Å²) in [7, 11) is 0. The number of amides is 1. The third-order valence-electron chi connectivity index (χ3n) is 2.02. The van der Waals surface area contributed by atoms with Crippen LogP contribution in [0.2, 0.25) is 0 Å². The van der Waals surface area contributed by atoms with Crippen LogP contribution in [0.15, 0.2) is 24.4 Å². The Morgan fingerprint density at radius 2 is 2.07 bits per heavy atom. The lowest BCUT2D eigenvalue weighted by Crippen LogP contribution is -1.83. The quantitative estimate of drug-likeness (QED) is 0.633. The number of fused-ring (bicyclic) bond motifs is 1. The highest BCUT2D eigenvalue weighted by atomic mass is 16.1. The summed E-state index contributed by atoms with van der Waals surface area (Å²) in [4.78, 5) is 8.58. The number of nitrogens with zero attached hydrogens (tertiary/aromatic N) is 2. The van der Waals surface area contributed by atoms with Crippen LogP contribution in [0.1, 0.15) is 11.3 Å². The fourth-order valence-electron chi connectivity index (χ4n) is 1.24. The number of carbonyl (C=O) groups excluding carboxylic acids is 1. The second kappa shape index (κ2) is 4.41. The van der Waals surface area contributed by atoms with Gasteiger partial charge >= 0.3 is 0 Å². The first kappa shape index (κ1) is 10.2. The van der Waals surface area contributed by atoms with E-state index < -0.39 is 0 Å². The predicted molar refractivity (Wildman–Crippen MR) is 54.9 cm³/mol. The smallest absolute Gasteiger partial charge is 0.204 e. The van der Waals surface area contributed by atoms with Crippen LogP contribution in [-0.4, -0.2) is 16.0 Å². The van der Waals surface area contributed by atoms with Crippen LogP contribution >= 0.6 is 0 Å². The number of hydrogen-bond acceptors (Lipinski definition) is 2. The maximum atomic E-state index is 8.58. The number of rotatable bonds is 0. The van der Waals surface area contributed by atoms with Gasteiger partial charge in [-0.2, -0.15) is 5.10 Å². The first-order chi connectivity index (χ1) is 6.70. The fourth-order valence-corrected chi connectivity index (χ4v) is 1.24. The van der Waals surface area contributed by atoms with Crippen LogP contribution in [0, 0.1) is 13.8 Å². The number of primary amides is 1. The lowest BCUT2D eigenvalue weighted by atomic mass is 10.2. The molecule has 0 aliphatic heterocycles. The molecule has 0 radical (unpaired) electrons. The third-order valence-corrected chi connectivity index (χ3v) is 2.02. The first-order valence-corrected chi connectivity index (χ1v) is 4.26. The van der Waals surface area contributed by atoms with Gasteiger partial charge in [0.2, 0.25) is 6.41 Å². The Morgan fingerprint density at radius 3 is 2.64 bits per heavy atom. The van der Waals surface area contributed by atoms with Crippen LogP contribution in [0.4, 0.5) is 0 Å². The van der Waals surface area contributed by atoms with E-state index >= 15 is 0 Å². The van der Waals surface area contributed by atoms with Crippen molar-refractivity contribution in [1.82, 2.24) is 9.61 Å². The standard InChI is InChI=1S/C9H10N2.CH3NO/c1-7-8(2)10-11-6-4-3-5-9(7)11;2-1-3/h3-6H,1-2H3;1H,(H2,2,3). The molecule has 0 spiro atoms. The predicted octanol–water partition coefficient (Wildman–Crippen LogP) is 1.05. The highest BCUT2D eigenvalue weighted by Crippen LogP contribution is 2.12. The summed E-state index contributed by atoms with van der Waals surface area (Å²) in [6.45, 7) is 4.12. The van der Waals surface area contributed by atoms with E-state index in [9.17, 15) is 0 Å². The number of nitrogens with two attached hydrogens (primary N) is 1. The number of pyridine rings is 1. The monoisotopic (exact) mass is 191 g/mol. The Hall–Kier alpha value is -1.84. The van der Waals surface area contributed by atoms with E-state index in [1.165, 1.54) is 11.1 Å². The van der Waals surface area contributed by atoms with Gasteiger partial charge in [-0.15, -0.1) is 0 Å². The van der Waals surface area contributed by atoms with E-state index in [4.69, 9.17) is 4.79 Å². The largest absolute Gasteiger partial charge is 0.372 e. The molecule has 0 bridgehead atoms. The molecule has 1 amide bonds. The van der Waals surface area contributed by atoms with Crippen molar-refractivity contribution in [2.45, 2.75) is 13.8 Å². The van der Waals surface area contributed by atoms with Gasteiger partial charge in [-0.1, -0.05) is 6.07 Å². The number of hydrogen-bond donors (Lipinski definition) is 1. The average Bonchev–Trinajstić information content (AvgIpc) is 2.45. The maximum Gasteiger partial charge on any atom is 0.204 e. The van der Waals surface area contributed by atoms with Gasteiger partial charge in [0.1, 0.15) is 0 Å². The minimum atomic E-state index is 0.250. The molecule has 2 aromatic heterocycles. The van der Waals surface area contributed by atoms with E-state index in [-0.39, 0.29) is 6.41 Å². The summed E-state index contributed by atoms with van der Waals surface area (Å²) in [5.41, 5.74) is 7.74. The summed E-state index contributed by atoms with van der Waals surface area (Å²) >= 11 is 0. The van der Waals surface area contributed by atoms with Crippen molar-refractivity contribution in [3.05, 3.63) is 35.7 Å². The molecule has 2 heterocycles. The van der Waals surface area contributed by atoms with Crippen molar-refractivity contribution in [2.75, 3.05) is 0 Å². The molecule has 0 saturated carbocycles. The first-order valence-electron chi connectivity index (χ1n) is 4.26. The minimum Gasteiger partial charge on any atom is -0.372 e. The zero-order valence-corrected chi connectivity index (χ0v) is 8.27. The molecular weight excluding hydrogens is 178 g/mol. The van der Waals surface area contributed by atoms with Gasteiger partial charge in [-0.05, 0) is 31.5 Å². The molecule has 0 saturated heterocycles. The molecule has 0 aromatic carbocycles. The molecule has 0 fully saturated rings. The van der Waals surface area contributed by atoms with Gasteiger partial charge < -0.3 is 5.73 Å². The summed E-state index contributed by atoms with van der Waals surface area (Å²) in [6, 6.07) is 6.09. The van der Waals surface area contributed by atoms with E-state index in [0.29, 0.717) is 0 Å². The van der Waals surface area contributed by atoms with Crippen molar-refractivity contribution in [3.8, 4) is 0 Å². The second-order valence-corrected chi connectivity index (χ2v) is 2.88. The van der Waals surface area contributed by atoms with E-state index in [1.807, 2.05) is 29.8 Å². The molecule has 14 heavy (non-hydrogen) atoms. The van der Waals surface area contributed by atoms with E-state index in [0.717, 1.165) is 5.69 Å². The summed E-state index contributed by atoms with van der Waals surface area (Å²) < 4.78 is 1.91. The number of carbonyl (C=O) groups is 1. The lowest BCUT2D eigenvalue weighted by molar-refractivity contribution is -0.106. The highest BCUT2D eigenvalue weighted by Gasteiger charge is 2.01. The van der Waals surface area contributed by atoms with E-state index in [2.05, 4.69) is 23.8 Å². The maximum absolute atomic E-state index is 8.58. The van der Waals surface area contributed by atoms with Crippen LogP contribution in [0.5, 0.6) is 0 Å². The minimum absolute atomic E-state index is 0.250. The van der Waals surface area contributed by atoms with Crippen LogP contribution in [-0.2, 0) is 4.79 Å². The Labute approximate surface area is 82.3 Å². The number of aryl methyl sites for hydroxylation is 2.